The van der Waals surface area contributed by atoms with E-state index in [1.165, 1.54) is 6.07 Å². The Labute approximate surface area is 179 Å². The average molecular weight is 476 g/mol. The predicted octanol–water partition coefficient (Wildman–Crippen LogP) is 4.42. The monoisotopic (exact) mass is 475 g/mol. The summed E-state index contributed by atoms with van der Waals surface area (Å²) in [7, 11) is -3.81. The molecule has 4 rings (SSSR count). The van der Waals surface area contributed by atoms with Crippen LogP contribution in [0.2, 0.25) is 0 Å². The molecule has 1 saturated heterocycles. The fourth-order valence-corrected chi connectivity index (χ4v) is 5.72. The van der Waals surface area contributed by atoms with Gasteiger partial charge in [0, 0.05) is 23.0 Å². The predicted molar refractivity (Wildman–Crippen MR) is 117 cm³/mol. The standard InChI is InChI=1S/C21H22BrN3O3S/c1-14(16-7-4-5-8-17(16)22)23-21(26)15-10-11-18-19(13-15)29(27,28)24-20-9-3-2-6-12-25(18)20/h4-5,7-8,10-11,13-14H,2-3,6,9,12H2,1H3,(H,23,26)/t14-/m1/s1. The number of carbonyl (C=O) groups excluding carboxylic acids is 1. The van der Waals surface area contributed by atoms with Crippen LogP contribution >= 0.6 is 15.9 Å². The third-order valence-electron chi connectivity index (χ3n) is 5.33. The van der Waals surface area contributed by atoms with Gasteiger partial charge < -0.3 is 10.2 Å². The van der Waals surface area contributed by atoms with Crippen molar-refractivity contribution >= 4 is 43.4 Å². The zero-order valence-corrected chi connectivity index (χ0v) is 18.5. The Kier molecular flexibility index (Phi) is 5.48. The van der Waals surface area contributed by atoms with E-state index < -0.39 is 10.0 Å². The second kappa shape index (κ2) is 7.91. The molecule has 8 heteroatoms. The molecule has 0 aromatic heterocycles. The molecule has 0 spiro atoms. The van der Waals surface area contributed by atoms with Crippen LogP contribution in [0.3, 0.4) is 0 Å². The third kappa shape index (κ3) is 3.96. The van der Waals surface area contributed by atoms with E-state index in [-0.39, 0.29) is 16.8 Å². The van der Waals surface area contributed by atoms with Gasteiger partial charge in [0.15, 0.2) is 0 Å². The summed E-state index contributed by atoms with van der Waals surface area (Å²) in [4.78, 5) is 14.9. The Balaban J connectivity index is 1.64. The quantitative estimate of drug-likeness (QED) is 0.712. The first-order valence-electron chi connectivity index (χ1n) is 9.67. The number of rotatable bonds is 3. The van der Waals surface area contributed by atoms with Gasteiger partial charge >= 0.3 is 0 Å². The van der Waals surface area contributed by atoms with Gasteiger partial charge in [0.25, 0.3) is 15.9 Å². The average Bonchev–Trinajstić information content (AvgIpc) is 2.92. The van der Waals surface area contributed by atoms with Gasteiger partial charge in [-0.25, -0.2) is 0 Å². The molecule has 0 aliphatic carbocycles. The third-order valence-corrected chi connectivity index (χ3v) is 7.39. The zero-order chi connectivity index (χ0) is 20.6. The van der Waals surface area contributed by atoms with E-state index >= 15 is 0 Å². The number of anilines is 1. The molecule has 1 atom stereocenters. The fourth-order valence-electron chi connectivity index (χ4n) is 3.81. The van der Waals surface area contributed by atoms with Crippen LogP contribution in [0.4, 0.5) is 5.69 Å². The van der Waals surface area contributed by atoms with Gasteiger partial charge in [-0.1, -0.05) is 40.5 Å². The molecule has 1 amide bonds. The summed E-state index contributed by atoms with van der Waals surface area (Å²) in [6.45, 7) is 2.63. The molecule has 2 aliphatic heterocycles. The van der Waals surface area contributed by atoms with Gasteiger partial charge in [0.1, 0.15) is 10.7 Å². The molecule has 2 aliphatic rings. The highest BCUT2D eigenvalue weighted by Gasteiger charge is 2.32. The van der Waals surface area contributed by atoms with Gasteiger partial charge in [0.05, 0.1) is 11.7 Å². The highest BCUT2D eigenvalue weighted by atomic mass is 79.9. The maximum Gasteiger partial charge on any atom is 0.286 e. The second-order valence-corrected chi connectivity index (χ2v) is 9.77. The first-order chi connectivity index (χ1) is 13.9. The first kappa shape index (κ1) is 20.1. The summed E-state index contributed by atoms with van der Waals surface area (Å²) in [5.74, 6) is 0.284. The number of carbonyl (C=O) groups is 1. The maximum atomic E-state index is 12.8. The topological polar surface area (TPSA) is 78.8 Å². The van der Waals surface area contributed by atoms with E-state index in [1.54, 1.807) is 12.1 Å². The van der Waals surface area contributed by atoms with Gasteiger partial charge in [-0.15, -0.1) is 4.40 Å². The molecule has 0 saturated carbocycles. The molecule has 2 heterocycles. The van der Waals surface area contributed by atoms with E-state index in [4.69, 9.17) is 0 Å². The summed E-state index contributed by atoms with van der Waals surface area (Å²) < 4.78 is 30.4. The molecule has 6 nitrogen and oxygen atoms in total. The van der Waals surface area contributed by atoms with Crippen LogP contribution in [0.1, 0.15) is 54.6 Å². The Morgan fingerprint density at radius 1 is 1.17 bits per heavy atom. The fraction of sp³-hybridized carbons (Fsp3) is 0.333. The van der Waals surface area contributed by atoms with E-state index in [0.29, 0.717) is 23.5 Å². The van der Waals surface area contributed by atoms with Crippen molar-refractivity contribution in [1.82, 2.24) is 5.32 Å². The van der Waals surface area contributed by atoms with Crippen molar-refractivity contribution in [1.29, 1.82) is 0 Å². The minimum absolute atomic E-state index is 0.101. The molecule has 1 fully saturated rings. The van der Waals surface area contributed by atoms with Gasteiger partial charge in [-0.3, -0.25) is 4.79 Å². The highest BCUT2D eigenvalue weighted by molar-refractivity contribution is 9.10. The van der Waals surface area contributed by atoms with Gasteiger partial charge in [-0.05, 0) is 49.6 Å². The number of hydrogen-bond donors (Lipinski definition) is 1. The minimum atomic E-state index is -3.81. The summed E-state index contributed by atoms with van der Waals surface area (Å²) in [6.07, 6.45) is 3.64. The second-order valence-electron chi connectivity index (χ2n) is 7.34. The van der Waals surface area contributed by atoms with Crippen molar-refractivity contribution < 1.29 is 13.2 Å². The van der Waals surface area contributed by atoms with Crippen molar-refractivity contribution in [2.24, 2.45) is 4.40 Å². The Hall–Kier alpha value is -2.19. The van der Waals surface area contributed by atoms with Crippen LogP contribution in [-0.2, 0) is 10.0 Å². The highest BCUT2D eigenvalue weighted by Crippen LogP contribution is 2.35. The van der Waals surface area contributed by atoms with Crippen molar-refractivity contribution in [3.05, 3.63) is 58.1 Å². The lowest BCUT2D eigenvalue weighted by Gasteiger charge is -2.29. The molecule has 152 valence electrons. The van der Waals surface area contributed by atoms with Gasteiger partial charge in [-0.2, -0.15) is 8.42 Å². The number of sulfonamides is 1. The number of fused-ring (bicyclic) bond motifs is 3. The number of halogens is 1. The summed E-state index contributed by atoms with van der Waals surface area (Å²) in [5, 5.41) is 2.94. The molecule has 1 N–H and O–H groups in total. The van der Waals surface area contributed by atoms with E-state index in [9.17, 15) is 13.2 Å². The normalized spacial score (nSPS) is 18.7. The molecule has 29 heavy (non-hydrogen) atoms. The van der Waals surface area contributed by atoms with Crippen molar-refractivity contribution in [2.45, 2.75) is 43.5 Å². The van der Waals surface area contributed by atoms with Gasteiger partial charge in [0.2, 0.25) is 0 Å². The van der Waals surface area contributed by atoms with Crippen LogP contribution < -0.4 is 10.2 Å². The molecule has 0 unspecified atom stereocenters. The Bertz CT molecular complexity index is 1100. The zero-order valence-electron chi connectivity index (χ0n) is 16.1. The number of benzene rings is 2. The van der Waals surface area contributed by atoms with Crippen LogP contribution in [0.25, 0.3) is 0 Å². The van der Waals surface area contributed by atoms with Crippen molar-refractivity contribution in [2.75, 3.05) is 11.4 Å². The van der Waals surface area contributed by atoms with Crippen LogP contribution in [0.15, 0.2) is 56.2 Å². The number of nitrogens with zero attached hydrogens (tertiary/aromatic N) is 2. The molecule has 0 bridgehead atoms. The Morgan fingerprint density at radius 2 is 1.97 bits per heavy atom. The largest absolute Gasteiger partial charge is 0.345 e. The lowest BCUT2D eigenvalue weighted by Crippen LogP contribution is -2.35. The lowest BCUT2D eigenvalue weighted by molar-refractivity contribution is 0.0939. The summed E-state index contributed by atoms with van der Waals surface area (Å²) >= 11 is 3.50. The number of nitrogens with one attached hydrogen (secondary N) is 1. The first-order valence-corrected chi connectivity index (χ1v) is 11.9. The smallest absolute Gasteiger partial charge is 0.286 e. The minimum Gasteiger partial charge on any atom is -0.345 e. The molecule has 0 radical (unpaired) electrons. The van der Waals surface area contributed by atoms with Crippen LogP contribution in [-0.4, -0.2) is 26.7 Å². The van der Waals surface area contributed by atoms with E-state index in [2.05, 4.69) is 25.6 Å². The molecular formula is C21H22BrN3O3S. The lowest BCUT2D eigenvalue weighted by atomic mass is 10.1. The van der Waals surface area contributed by atoms with Crippen molar-refractivity contribution in [3.63, 3.8) is 0 Å². The molecule has 2 aromatic carbocycles. The number of hydrogen-bond acceptors (Lipinski definition) is 4. The van der Waals surface area contributed by atoms with E-state index in [1.807, 2.05) is 36.1 Å². The summed E-state index contributed by atoms with van der Waals surface area (Å²) in [6, 6.07) is 12.3. The Morgan fingerprint density at radius 3 is 2.76 bits per heavy atom. The van der Waals surface area contributed by atoms with Crippen LogP contribution in [0.5, 0.6) is 0 Å². The number of amidine groups is 1. The van der Waals surface area contributed by atoms with Crippen LogP contribution in [0, 0.1) is 0 Å². The summed E-state index contributed by atoms with van der Waals surface area (Å²) in [5.41, 5.74) is 1.87. The SMILES string of the molecule is C[C@@H](NC(=O)c1ccc2c(c1)S(=O)(=O)N=C1CCCCCN12)c1ccccc1Br. The van der Waals surface area contributed by atoms with Crippen molar-refractivity contribution in [3.8, 4) is 0 Å². The maximum absolute atomic E-state index is 12.8. The number of amides is 1. The van der Waals surface area contributed by atoms with E-state index in [0.717, 1.165) is 35.8 Å². The molecule has 2 aromatic rings. The molecular weight excluding hydrogens is 454 g/mol.